The van der Waals surface area contributed by atoms with E-state index in [4.69, 9.17) is 10.5 Å². The van der Waals surface area contributed by atoms with E-state index in [1.807, 2.05) is 30.3 Å². The number of carbonyl (C=O) groups excluding carboxylic acids is 2. The van der Waals surface area contributed by atoms with E-state index in [9.17, 15) is 9.59 Å². The van der Waals surface area contributed by atoms with Crippen molar-refractivity contribution in [2.75, 3.05) is 13.2 Å². The Morgan fingerprint density at radius 3 is 2.53 bits per heavy atom. The fourth-order valence-electron chi connectivity index (χ4n) is 1.46. The molecule has 1 aromatic carbocycles. The molecule has 1 unspecified atom stereocenters. The van der Waals surface area contributed by atoms with Gasteiger partial charge in [-0.2, -0.15) is 0 Å². The summed E-state index contributed by atoms with van der Waals surface area (Å²) in [6, 6.07) is 8.81. The van der Waals surface area contributed by atoms with Gasteiger partial charge in [0.15, 0.2) is 0 Å². The zero-order valence-electron chi connectivity index (χ0n) is 10.8. The predicted molar refractivity (Wildman–Crippen MR) is 75.0 cm³/mol. The molecule has 0 fully saturated rings. The number of halogens is 1. The van der Waals surface area contributed by atoms with Crippen LogP contribution in [0.5, 0.6) is 0 Å². The first-order chi connectivity index (χ1) is 8.63. The number of ether oxygens (including phenoxy) is 1. The smallest absolute Gasteiger partial charge is 0.325 e. The van der Waals surface area contributed by atoms with Crippen LogP contribution in [0.25, 0.3) is 0 Å². The first-order valence-corrected chi connectivity index (χ1v) is 5.86. The molecule has 19 heavy (non-hydrogen) atoms. The van der Waals surface area contributed by atoms with Crippen LogP contribution in [0.1, 0.15) is 12.5 Å². The van der Waals surface area contributed by atoms with Crippen molar-refractivity contribution in [3.63, 3.8) is 0 Å². The van der Waals surface area contributed by atoms with Crippen molar-refractivity contribution in [3.05, 3.63) is 35.9 Å². The van der Waals surface area contributed by atoms with Crippen LogP contribution in [-0.4, -0.2) is 31.1 Å². The molecular weight excluding hydrogens is 268 g/mol. The Hall–Kier alpha value is -1.59. The van der Waals surface area contributed by atoms with Crippen LogP contribution in [-0.2, 0) is 20.7 Å². The van der Waals surface area contributed by atoms with Gasteiger partial charge in [-0.25, -0.2) is 0 Å². The van der Waals surface area contributed by atoms with Crippen molar-refractivity contribution in [2.24, 2.45) is 5.73 Å². The molecule has 0 saturated heterocycles. The van der Waals surface area contributed by atoms with E-state index in [2.05, 4.69) is 5.32 Å². The van der Waals surface area contributed by atoms with Gasteiger partial charge in [0.2, 0.25) is 5.91 Å². The summed E-state index contributed by atoms with van der Waals surface area (Å²) in [5.41, 5.74) is 6.73. The molecule has 6 heteroatoms. The van der Waals surface area contributed by atoms with Crippen molar-refractivity contribution in [3.8, 4) is 0 Å². The number of hydrogen-bond acceptors (Lipinski definition) is 4. The second-order valence-corrected chi connectivity index (χ2v) is 3.82. The van der Waals surface area contributed by atoms with Crippen molar-refractivity contribution in [1.82, 2.24) is 5.32 Å². The molecule has 0 bridgehead atoms. The summed E-state index contributed by atoms with van der Waals surface area (Å²) in [5.74, 6) is -0.815. The van der Waals surface area contributed by atoms with E-state index in [-0.39, 0.29) is 24.9 Å². The minimum Gasteiger partial charge on any atom is -0.465 e. The average Bonchev–Trinajstić information content (AvgIpc) is 2.37. The molecule has 0 heterocycles. The molecule has 0 aromatic heterocycles. The van der Waals surface area contributed by atoms with Gasteiger partial charge in [0.1, 0.15) is 6.54 Å². The van der Waals surface area contributed by atoms with E-state index in [0.29, 0.717) is 13.0 Å². The second kappa shape index (κ2) is 9.35. The minimum absolute atomic E-state index is 0. The summed E-state index contributed by atoms with van der Waals surface area (Å²) in [5, 5.41) is 2.45. The van der Waals surface area contributed by atoms with Gasteiger partial charge < -0.3 is 15.8 Å². The highest BCUT2D eigenvalue weighted by atomic mass is 35.5. The van der Waals surface area contributed by atoms with Gasteiger partial charge in [-0.15, -0.1) is 12.4 Å². The van der Waals surface area contributed by atoms with Gasteiger partial charge in [0, 0.05) is 0 Å². The molecule has 0 spiro atoms. The van der Waals surface area contributed by atoms with Gasteiger partial charge in [-0.3, -0.25) is 9.59 Å². The SMILES string of the molecule is CCOC(=O)CNC(=O)C(N)Cc1ccccc1.Cl. The molecular formula is C13H19ClN2O3. The van der Waals surface area contributed by atoms with Crippen LogP contribution in [0.4, 0.5) is 0 Å². The first kappa shape index (κ1) is 17.4. The number of amides is 1. The molecule has 1 aromatic rings. The predicted octanol–water partition coefficient (Wildman–Crippen LogP) is 0.658. The lowest BCUT2D eigenvalue weighted by molar-refractivity contribution is -0.143. The number of benzene rings is 1. The largest absolute Gasteiger partial charge is 0.465 e. The Balaban J connectivity index is 0.00000324. The molecule has 0 aliphatic rings. The summed E-state index contributed by atoms with van der Waals surface area (Å²) >= 11 is 0. The Labute approximate surface area is 118 Å². The van der Waals surface area contributed by atoms with E-state index < -0.39 is 12.0 Å². The number of nitrogens with two attached hydrogens (primary N) is 1. The maximum Gasteiger partial charge on any atom is 0.325 e. The standard InChI is InChI=1S/C13H18N2O3.ClH/c1-2-18-12(16)9-15-13(17)11(14)8-10-6-4-3-5-7-10;/h3-7,11H,2,8-9,14H2,1H3,(H,15,17);1H. The molecule has 0 radical (unpaired) electrons. The molecule has 0 aliphatic carbocycles. The number of carbonyl (C=O) groups is 2. The van der Waals surface area contributed by atoms with Crippen LogP contribution >= 0.6 is 12.4 Å². The van der Waals surface area contributed by atoms with E-state index >= 15 is 0 Å². The minimum atomic E-state index is -0.665. The molecule has 106 valence electrons. The molecule has 0 saturated carbocycles. The van der Waals surface area contributed by atoms with Gasteiger partial charge in [-0.1, -0.05) is 30.3 Å². The van der Waals surface area contributed by atoms with Gasteiger partial charge >= 0.3 is 5.97 Å². The number of esters is 1. The van der Waals surface area contributed by atoms with Crippen molar-refractivity contribution in [2.45, 2.75) is 19.4 Å². The van der Waals surface area contributed by atoms with Crippen LogP contribution in [0.3, 0.4) is 0 Å². The molecule has 5 nitrogen and oxygen atoms in total. The van der Waals surface area contributed by atoms with Gasteiger partial charge in [0.25, 0.3) is 0 Å². The second-order valence-electron chi connectivity index (χ2n) is 3.82. The van der Waals surface area contributed by atoms with E-state index in [1.54, 1.807) is 6.92 Å². The van der Waals surface area contributed by atoms with E-state index in [0.717, 1.165) is 5.56 Å². The normalized spacial score (nSPS) is 11.1. The Kier molecular flexibility index (Phi) is 8.57. The maximum absolute atomic E-state index is 11.6. The maximum atomic E-state index is 11.6. The molecule has 1 rings (SSSR count). The van der Waals surface area contributed by atoms with Gasteiger partial charge in [-0.05, 0) is 18.9 Å². The van der Waals surface area contributed by atoms with Crippen LogP contribution in [0.2, 0.25) is 0 Å². The summed E-state index contributed by atoms with van der Waals surface area (Å²) in [6.07, 6.45) is 0.440. The van der Waals surface area contributed by atoms with E-state index in [1.165, 1.54) is 0 Å². The number of nitrogens with one attached hydrogen (secondary N) is 1. The highest BCUT2D eigenvalue weighted by Crippen LogP contribution is 2.01. The molecule has 0 aliphatic heterocycles. The summed E-state index contributed by atoms with van der Waals surface area (Å²) in [4.78, 5) is 22.7. The topological polar surface area (TPSA) is 81.4 Å². The third kappa shape index (κ3) is 6.79. The zero-order valence-corrected chi connectivity index (χ0v) is 11.6. The lowest BCUT2D eigenvalue weighted by Gasteiger charge is -2.11. The third-order valence-electron chi connectivity index (χ3n) is 2.35. The van der Waals surface area contributed by atoms with Crippen LogP contribution in [0.15, 0.2) is 30.3 Å². The monoisotopic (exact) mass is 286 g/mol. The number of hydrogen-bond donors (Lipinski definition) is 2. The Bertz CT molecular complexity index is 398. The summed E-state index contributed by atoms with van der Waals surface area (Å²) < 4.78 is 4.70. The van der Waals surface area contributed by atoms with Gasteiger partial charge in [0.05, 0.1) is 12.6 Å². The van der Waals surface area contributed by atoms with Crippen molar-refractivity contribution in [1.29, 1.82) is 0 Å². The first-order valence-electron chi connectivity index (χ1n) is 5.86. The fraction of sp³-hybridized carbons (Fsp3) is 0.385. The molecule has 3 N–H and O–H groups in total. The van der Waals surface area contributed by atoms with Crippen molar-refractivity contribution < 1.29 is 14.3 Å². The highest BCUT2D eigenvalue weighted by molar-refractivity contribution is 5.86. The Morgan fingerprint density at radius 2 is 1.95 bits per heavy atom. The Morgan fingerprint density at radius 1 is 1.32 bits per heavy atom. The molecule has 1 amide bonds. The number of rotatable bonds is 6. The third-order valence-corrected chi connectivity index (χ3v) is 2.35. The summed E-state index contributed by atoms with van der Waals surface area (Å²) in [6.45, 7) is 1.86. The summed E-state index contributed by atoms with van der Waals surface area (Å²) in [7, 11) is 0. The zero-order chi connectivity index (χ0) is 13.4. The highest BCUT2D eigenvalue weighted by Gasteiger charge is 2.14. The molecule has 1 atom stereocenters. The quantitative estimate of drug-likeness (QED) is 0.753. The van der Waals surface area contributed by atoms with Crippen molar-refractivity contribution >= 4 is 24.3 Å². The average molecular weight is 287 g/mol. The van der Waals surface area contributed by atoms with Crippen LogP contribution in [0, 0.1) is 0 Å². The lowest BCUT2D eigenvalue weighted by Crippen LogP contribution is -2.44. The lowest BCUT2D eigenvalue weighted by atomic mass is 10.1. The van der Waals surface area contributed by atoms with Crippen LogP contribution < -0.4 is 11.1 Å². The fourth-order valence-corrected chi connectivity index (χ4v) is 1.46.